The van der Waals surface area contributed by atoms with Crippen LogP contribution >= 0.6 is 11.6 Å². The molecule has 3 aromatic carbocycles. The summed E-state index contributed by atoms with van der Waals surface area (Å²) in [4.78, 5) is 28.6. The molecular weight excluding hydrogens is 534 g/mol. The van der Waals surface area contributed by atoms with Crippen LogP contribution in [-0.2, 0) is 32.6 Å². The molecule has 3 aromatic rings. The first-order valence-electron chi connectivity index (χ1n) is 13.0. The summed E-state index contributed by atoms with van der Waals surface area (Å²) < 4.78 is 26.5. The summed E-state index contributed by atoms with van der Waals surface area (Å²) in [7, 11) is -3.56. The van der Waals surface area contributed by atoms with Gasteiger partial charge in [0.25, 0.3) is 0 Å². The van der Waals surface area contributed by atoms with Crippen molar-refractivity contribution < 1.29 is 18.0 Å². The number of hydrogen-bond acceptors (Lipinski definition) is 4. The molecule has 3 rings (SSSR count). The van der Waals surface area contributed by atoms with Crippen LogP contribution in [0.4, 0.5) is 5.69 Å². The van der Waals surface area contributed by atoms with Gasteiger partial charge in [0.05, 0.1) is 11.9 Å². The average Bonchev–Trinajstić information content (AvgIpc) is 2.90. The number of aryl methyl sites for hydroxylation is 1. The second kappa shape index (κ2) is 14.1. The summed E-state index contributed by atoms with van der Waals surface area (Å²) in [6.07, 6.45) is 1.84. The van der Waals surface area contributed by atoms with Gasteiger partial charge in [0.15, 0.2) is 0 Å². The first-order chi connectivity index (χ1) is 18.6. The third-order valence-electron chi connectivity index (χ3n) is 6.46. The number of likely N-dealkylation sites (N-methyl/N-ethyl adjacent to an activating group) is 1. The van der Waals surface area contributed by atoms with E-state index >= 15 is 0 Å². The largest absolute Gasteiger partial charge is 0.355 e. The number of carbonyl (C=O) groups excluding carboxylic acids is 2. The number of nitrogens with zero attached hydrogens (tertiary/aromatic N) is 2. The Hall–Kier alpha value is -3.36. The fraction of sp³-hybridized carbons (Fsp3) is 0.333. The van der Waals surface area contributed by atoms with Gasteiger partial charge in [-0.3, -0.25) is 13.9 Å². The van der Waals surface area contributed by atoms with Crippen molar-refractivity contribution in [3.8, 4) is 0 Å². The molecule has 0 spiro atoms. The Morgan fingerprint density at radius 3 is 2.23 bits per heavy atom. The molecule has 0 bridgehead atoms. The van der Waals surface area contributed by atoms with Crippen molar-refractivity contribution in [3.05, 3.63) is 101 Å². The minimum Gasteiger partial charge on any atom is -0.355 e. The number of amides is 2. The van der Waals surface area contributed by atoms with Crippen molar-refractivity contribution in [1.82, 2.24) is 10.2 Å². The fourth-order valence-corrected chi connectivity index (χ4v) is 5.70. The first kappa shape index (κ1) is 30.2. The molecule has 208 valence electrons. The highest BCUT2D eigenvalue weighted by atomic mass is 35.5. The number of nitrogens with one attached hydrogen (secondary N) is 1. The van der Waals surface area contributed by atoms with Gasteiger partial charge in [-0.15, -0.1) is 0 Å². The van der Waals surface area contributed by atoms with E-state index in [-0.39, 0.29) is 37.7 Å². The zero-order chi connectivity index (χ0) is 28.4. The van der Waals surface area contributed by atoms with Crippen LogP contribution in [-0.4, -0.2) is 50.5 Å². The number of anilines is 1. The van der Waals surface area contributed by atoms with Crippen molar-refractivity contribution in [2.75, 3.05) is 23.7 Å². The minimum atomic E-state index is -3.56. The smallest absolute Gasteiger partial charge is 0.243 e. The standard InChI is InChI=1S/C30H36ClN3O4S/c1-4-32-30(36)28(21-24-14-6-5-7-15-24)33(22-25-16-9-10-17-26(25)31)29(35)19-12-20-34(39(3,37)38)27-18-11-8-13-23(27)2/h5-11,13-18,28H,4,12,19-22H2,1-3H3,(H,32,36). The number of carbonyl (C=O) groups is 2. The van der Waals surface area contributed by atoms with E-state index in [0.717, 1.165) is 22.9 Å². The second-order valence-corrected chi connectivity index (χ2v) is 11.8. The summed E-state index contributed by atoms with van der Waals surface area (Å²) in [5.74, 6) is -0.500. The molecule has 0 saturated heterocycles. The topological polar surface area (TPSA) is 86.8 Å². The maximum Gasteiger partial charge on any atom is 0.243 e. The second-order valence-electron chi connectivity index (χ2n) is 9.44. The lowest BCUT2D eigenvalue weighted by Crippen LogP contribution is -2.50. The zero-order valence-electron chi connectivity index (χ0n) is 22.6. The molecule has 1 atom stereocenters. The molecule has 0 fully saturated rings. The predicted octanol–water partition coefficient (Wildman–Crippen LogP) is 4.97. The Morgan fingerprint density at radius 2 is 1.59 bits per heavy atom. The van der Waals surface area contributed by atoms with Crippen LogP contribution in [0.1, 0.15) is 36.5 Å². The van der Waals surface area contributed by atoms with Crippen LogP contribution in [0.2, 0.25) is 5.02 Å². The summed E-state index contributed by atoms with van der Waals surface area (Å²) in [5, 5.41) is 3.38. The van der Waals surface area contributed by atoms with Gasteiger partial charge in [-0.1, -0.05) is 78.3 Å². The van der Waals surface area contributed by atoms with Gasteiger partial charge in [0.1, 0.15) is 6.04 Å². The Labute approximate surface area is 236 Å². The molecule has 0 saturated carbocycles. The highest BCUT2D eigenvalue weighted by Crippen LogP contribution is 2.24. The van der Waals surface area contributed by atoms with Gasteiger partial charge in [0.2, 0.25) is 21.8 Å². The third kappa shape index (κ3) is 8.57. The lowest BCUT2D eigenvalue weighted by molar-refractivity contribution is -0.141. The van der Waals surface area contributed by atoms with Crippen LogP contribution in [0.25, 0.3) is 0 Å². The first-order valence-corrected chi connectivity index (χ1v) is 15.2. The molecule has 39 heavy (non-hydrogen) atoms. The molecule has 0 aliphatic rings. The number of para-hydroxylation sites is 1. The molecule has 1 unspecified atom stereocenters. The summed E-state index contributed by atoms with van der Waals surface area (Å²) in [5.41, 5.74) is 3.07. The molecule has 0 heterocycles. The molecule has 0 aromatic heterocycles. The summed E-state index contributed by atoms with van der Waals surface area (Å²) >= 11 is 6.45. The summed E-state index contributed by atoms with van der Waals surface area (Å²) in [6.45, 7) is 4.41. The number of sulfonamides is 1. The van der Waals surface area contributed by atoms with Crippen molar-refractivity contribution in [2.24, 2.45) is 0 Å². The van der Waals surface area contributed by atoms with E-state index in [1.807, 2.05) is 74.5 Å². The van der Waals surface area contributed by atoms with Crippen LogP contribution in [0.15, 0.2) is 78.9 Å². The van der Waals surface area contributed by atoms with Crippen LogP contribution in [0.3, 0.4) is 0 Å². The number of rotatable bonds is 13. The van der Waals surface area contributed by atoms with Crippen LogP contribution in [0.5, 0.6) is 0 Å². The van der Waals surface area contributed by atoms with Crippen LogP contribution in [0, 0.1) is 6.92 Å². The quantitative estimate of drug-likeness (QED) is 0.315. The van der Waals surface area contributed by atoms with E-state index in [9.17, 15) is 18.0 Å². The van der Waals surface area contributed by atoms with E-state index < -0.39 is 16.1 Å². The van der Waals surface area contributed by atoms with Gasteiger partial charge >= 0.3 is 0 Å². The van der Waals surface area contributed by atoms with E-state index in [0.29, 0.717) is 23.7 Å². The van der Waals surface area contributed by atoms with Gasteiger partial charge in [0, 0.05) is 37.5 Å². The average molecular weight is 570 g/mol. The highest BCUT2D eigenvalue weighted by Gasteiger charge is 2.30. The SMILES string of the molecule is CCNC(=O)C(Cc1ccccc1)N(Cc1ccccc1Cl)C(=O)CCCN(c1ccccc1C)S(C)(=O)=O. The predicted molar refractivity (Wildman–Crippen MR) is 157 cm³/mol. The van der Waals surface area contributed by atoms with Crippen molar-refractivity contribution in [1.29, 1.82) is 0 Å². The van der Waals surface area contributed by atoms with Gasteiger partial charge < -0.3 is 10.2 Å². The molecule has 9 heteroatoms. The molecule has 0 aliphatic heterocycles. The van der Waals surface area contributed by atoms with Crippen LogP contribution < -0.4 is 9.62 Å². The van der Waals surface area contributed by atoms with Gasteiger partial charge in [-0.05, 0) is 49.1 Å². The highest BCUT2D eigenvalue weighted by molar-refractivity contribution is 7.92. The normalized spacial score (nSPS) is 12.0. The number of hydrogen-bond donors (Lipinski definition) is 1. The minimum absolute atomic E-state index is 0.0625. The maximum atomic E-state index is 13.8. The number of benzene rings is 3. The van der Waals surface area contributed by atoms with E-state index in [1.54, 1.807) is 23.1 Å². The van der Waals surface area contributed by atoms with E-state index in [4.69, 9.17) is 11.6 Å². The fourth-order valence-electron chi connectivity index (χ4n) is 4.48. The monoisotopic (exact) mass is 569 g/mol. The Bertz CT molecular complexity index is 1370. The molecule has 7 nitrogen and oxygen atoms in total. The van der Waals surface area contributed by atoms with E-state index in [1.165, 1.54) is 4.31 Å². The Kier molecular flexibility index (Phi) is 10.9. The Morgan fingerprint density at radius 1 is 0.949 bits per heavy atom. The van der Waals surface area contributed by atoms with Crippen molar-refractivity contribution in [3.63, 3.8) is 0 Å². The molecular formula is C30H36ClN3O4S. The van der Waals surface area contributed by atoms with E-state index in [2.05, 4.69) is 5.32 Å². The maximum absolute atomic E-state index is 13.8. The zero-order valence-corrected chi connectivity index (χ0v) is 24.2. The molecule has 0 aliphatic carbocycles. The molecule has 2 amide bonds. The lowest BCUT2D eigenvalue weighted by Gasteiger charge is -2.32. The van der Waals surface area contributed by atoms with Gasteiger partial charge in [-0.2, -0.15) is 0 Å². The lowest BCUT2D eigenvalue weighted by atomic mass is 10.0. The summed E-state index contributed by atoms with van der Waals surface area (Å²) in [6, 6.07) is 23.3. The van der Waals surface area contributed by atoms with Crippen molar-refractivity contribution in [2.45, 2.75) is 45.7 Å². The molecule has 1 N–H and O–H groups in total. The van der Waals surface area contributed by atoms with Crippen molar-refractivity contribution >= 4 is 39.1 Å². The van der Waals surface area contributed by atoms with Gasteiger partial charge in [-0.25, -0.2) is 8.42 Å². The third-order valence-corrected chi connectivity index (χ3v) is 8.01. The Balaban J connectivity index is 1.88. The number of halogens is 1. The molecule has 0 radical (unpaired) electrons.